The zero-order valence-corrected chi connectivity index (χ0v) is 14.5. The van der Waals surface area contributed by atoms with Crippen LogP contribution in [0.4, 0.5) is 0 Å². The van der Waals surface area contributed by atoms with Gasteiger partial charge in [0, 0.05) is 31.0 Å². The van der Waals surface area contributed by atoms with E-state index in [1.54, 1.807) is 12.4 Å². The van der Waals surface area contributed by atoms with Crippen LogP contribution in [0, 0.1) is 0 Å². The molecule has 0 N–H and O–H groups in total. The molecule has 0 fully saturated rings. The molecule has 0 radical (unpaired) electrons. The van der Waals surface area contributed by atoms with E-state index in [0.717, 1.165) is 30.5 Å². The first-order valence-electron chi connectivity index (χ1n) is 8.01. The van der Waals surface area contributed by atoms with Crippen molar-refractivity contribution in [3.63, 3.8) is 0 Å². The molecule has 122 valence electrons. The molecular formula is C19H23ClN2O. The Kier molecular flexibility index (Phi) is 6.60. The maximum Gasteiger partial charge on any atom is 0.230 e. The Morgan fingerprint density at radius 3 is 2.43 bits per heavy atom. The molecule has 1 aromatic carbocycles. The fraction of sp³-hybridized carbons (Fsp3) is 0.368. The second-order valence-corrected chi connectivity index (χ2v) is 6.21. The average molecular weight is 331 g/mol. The predicted octanol–water partition coefficient (Wildman–Crippen LogP) is 4.32. The van der Waals surface area contributed by atoms with Crippen LogP contribution < -0.4 is 0 Å². The molecule has 0 aliphatic carbocycles. The first-order valence-corrected chi connectivity index (χ1v) is 8.39. The van der Waals surface area contributed by atoms with Crippen LogP contribution in [0.25, 0.3) is 0 Å². The van der Waals surface area contributed by atoms with Crippen LogP contribution in [0.5, 0.6) is 0 Å². The number of unbranched alkanes of at least 4 members (excludes halogenated alkanes) is 1. The van der Waals surface area contributed by atoms with Gasteiger partial charge in [0.05, 0.1) is 5.92 Å². The summed E-state index contributed by atoms with van der Waals surface area (Å²) in [5.41, 5.74) is 2.11. The van der Waals surface area contributed by atoms with Crippen molar-refractivity contribution in [3.05, 3.63) is 64.9 Å². The fourth-order valence-electron chi connectivity index (χ4n) is 2.57. The van der Waals surface area contributed by atoms with Gasteiger partial charge in [0.2, 0.25) is 5.91 Å². The topological polar surface area (TPSA) is 33.2 Å². The van der Waals surface area contributed by atoms with E-state index in [9.17, 15) is 4.79 Å². The maximum atomic E-state index is 12.9. The van der Waals surface area contributed by atoms with Gasteiger partial charge < -0.3 is 4.90 Å². The highest BCUT2D eigenvalue weighted by Gasteiger charge is 2.24. The van der Waals surface area contributed by atoms with Crippen molar-refractivity contribution in [1.29, 1.82) is 0 Å². The monoisotopic (exact) mass is 330 g/mol. The van der Waals surface area contributed by atoms with Crippen LogP contribution in [-0.2, 0) is 11.2 Å². The maximum absolute atomic E-state index is 12.9. The van der Waals surface area contributed by atoms with Gasteiger partial charge in [0.1, 0.15) is 0 Å². The van der Waals surface area contributed by atoms with Crippen LogP contribution in [0.15, 0.2) is 48.8 Å². The summed E-state index contributed by atoms with van der Waals surface area (Å²) in [7, 11) is 1.88. The van der Waals surface area contributed by atoms with Gasteiger partial charge in [-0.05, 0) is 48.2 Å². The molecule has 2 rings (SSSR count). The lowest BCUT2D eigenvalue weighted by Crippen LogP contribution is -2.33. The number of aromatic nitrogens is 1. The van der Waals surface area contributed by atoms with E-state index in [1.807, 2.05) is 48.3 Å². The van der Waals surface area contributed by atoms with Gasteiger partial charge in [-0.25, -0.2) is 0 Å². The lowest BCUT2D eigenvalue weighted by Gasteiger charge is -2.24. The van der Waals surface area contributed by atoms with Crippen molar-refractivity contribution in [3.8, 4) is 0 Å². The first-order chi connectivity index (χ1) is 11.1. The van der Waals surface area contributed by atoms with Gasteiger partial charge in [-0.2, -0.15) is 0 Å². The molecular weight excluding hydrogens is 308 g/mol. The summed E-state index contributed by atoms with van der Waals surface area (Å²) in [6, 6.07) is 11.5. The quantitative estimate of drug-likeness (QED) is 0.757. The summed E-state index contributed by atoms with van der Waals surface area (Å²) in [6.07, 6.45) is 6.29. The zero-order valence-electron chi connectivity index (χ0n) is 13.7. The Morgan fingerprint density at radius 1 is 1.17 bits per heavy atom. The number of amides is 1. The van der Waals surface area contributed by atoms with Crippen LogP contribution in [0.1, 0.15) is 36.8 Å². The summed E-state index contributed by atoms with van der Waals surface area (Å²) < 4.78 is 0. The van der Waals surface area contributed by atoms with Crippen molar-refractivity contribution < 1.29 is 4.79 Å². The van der Waals surface area contributed by atoms with Crippen molar-refractivity contribution in [2.75, 3.05) is 13.6 Å². The molecule has 23 heavy (non-hydrogen) atoms. The van der Waals surface area contributed by atoms with Crippen molar-refractivity contribution in [2.45, 2.75) is 32.1 Å². The second kappa shape index (κ2) is 8.68. The summed E-state index contributed by atoms with van der Waals surface area (Å²) in [4.78, 5) is 18.8. The van der Waals surface area contributed by atoms with Crippen LogP contribution in [0.2, 0.25) is 5.02 Å². The highest BCUT2D eigenvalue weighted by atomic mass is 35.5. The number of benzene rings is 1. The molecule has 1 atom stereocenters. The Hall–Kier alpha value is -1.87. The third-order valence-corrected chi connectivity index (χ3v) is 4.23. The predicted molar refractivity (Wildman–Crippen MR) is 94.7 cm³/mol. The summed E-state index contributed by atoms with van der Waals surface area (Å²) in [6.45, 7) is 2.92. The van der Waals surface area contributed by atoms with E-state index in [0.29, 0.717) is 11.4 Å². The third kappa shape index (κ3) is 5.07. The number of halogens is 1. The zero-order chi connectivity index (χ0) is 16.7. The van der Waals surface area contributed by atoms with E-state index in [4.69, 9.17) is 11.6 Å². The van der Waals surface area contributed by atoms with Gasteiger partial charge in [-0.1, -0.05) is 37.1 Å². The number of hydrogen-bond acceptors (Lipinski definition) is 2. The van der Waals surface area contributed by atoms with Gasteiger partial charge in [-0.3, -0.25) is 9.78 Å². The number of pyridine rings is 1. The van der Waals surface area contributed by atoms with Crippen molar-refractivity contribution in [2.24, 2.45) is 0 Å². The molecule has 1 unspecified atom stereocenters. The van der Waals surface area contributed by atoms with Gasteiger partial charge in [-0.15, -0.1) is 0 Å². The molecule has 4 heteroatoms. The molecule has 1 amide bonds. The van der Waals surface area contributed by atoms with Crippen LogP contribution in [-0.4, -0.2) is 29.4 Å². The molecule has 0 aliphatic rings. The number of carbonyl (C=O) groups is 1. The lowest BCUT2D eigenvalue weighted by molar-refractivity contribution is -0.131. The molecule has 0 saturated carbocycles. The molecule has 2 aromatic rings. The number of likely N-dealkylation sites (N-methyl/N-ethyl adjacent to an activating group) is 1. The molecule has 1 heterocycles. The van der Waals surface area contributed by atoms with E-state index in [1.165, 1.54) is 0 Å². The third-order valence-electron chi connectivity index (χ3n) is 3.98. The van der Waals surface area contributed by atoms with E-state index in [-0.39, 0.29) is 11.8 Å². The minimum atomic E-state index is -0.198. The smallest absolute Gasteiger partial charge is 0.230 e. The summed E-state index contributed by atoms with van der Waals surface area (Å²) >= 11 is 5.98. The molecule has 3 nitrogen and oxygen atoms in total. The SMILES string of the molecule is CCCCN(C)C(=O)C(Cc1ccncc1)c1ccc(Cl)cc1. The van der Waals surface area contributed by atoms with E-state index >= 15 is 0 Å². The Morgan fingerprint density at radius 2 is 1.83 bits per heavy atom. The van der Waals surface area contributed by atoms with E-state index in [2.05, 4.69) is 11.9 Å². The Balaban J connectivity index is 2.23. The minimum Gasteiger partial charge on any atom is -0.345 e. The number of carbonyl (C=O) groups excluding carboxylic acids is 1. The van der Waals surface area contributed by atoms with Crippen LogP contribution >= 0.6 is 11.6 Å². The largest absolute Gasteiger partial charge is 0.345 e. The van der Waals surface area contributed by atoms with Crippen LogP contribution in [0.3, 0.4) is 0 Å². The van der Waals surface area contributed by atoms with Gasteiger partial charge in [0.15, 0.2) is 0 Å². The second-order valence-electron chi connectivity index (χ2n) is 5.78. The number of rotatable bonds is 7. The standard InChI is InChI=1S/C19H23ClN2O/c1-3-4-13-22(2)19(23)18(14-15-9-11-21-12-10-15)16-5-7-17(20)8-6-16/h5-12,18H,3-4,13-14H2,1-2H3. The Labute approximate surface area is 143 Å². The average Bonchev–Trinajstić information content (AvgIpc) is 2.59. The molecule has 0 saturated heterocycles. The van der Waals surface area contributed by atoms with Crippen molar-refractivity contribution in [1.82, 2.24) is 9.88 Å². The molecule has 0 aliphatic heterocycles. The minimum absolute atomic E-state index is 0.151. The molecule has 0 spiro atoms. The van der Waals surface area contributed by atoms with E-state index < -0.39 is 0 Å². The lowest BCUT2D eigenvalue weighted by atomic mass is 9.91. The molecule has 0 bridgehead atoms. The number of nitrogens with zero attached hydrogens (tertiary/aromatic N) is 2. The molecule has 1 aromatic heterocycles. The number of hydrogen-bond donors (Lipinski definition) is 0. The summed E-state index contributed by atoms with van der Waals surface area (Å²) in [5.74, 6) is -0.0471. The fourth-order valence-corrected chi connectivity index (χ4v) is 2.69. The Bertz CT molecular complexity index is 613. The first kappa shape index (κ1) is 17.5. The van der Waals surface area contributed by atoms with Crippen molar-refractivity contribution >= 4 is 17.5 Å². The normalized spacial score (nSPS) is 12.0. The summed E-state index contributed by atoms with van der Waals surface area (Å²) in [5, 5.41) is 0.684. The van der Waals surface area contributed by atoms with Gasteiger partial charge >= 0.3 is 0 Å². The van der Waals surface area contributed by atoms with Gasteiger partial charge in [0.25, 0.3) is 0 Å². The highest BCUT2D eigenvalue weighted by molar-refractivity contribution is 6.30. The highest BCUT2D eigenvalue weighted by Crippen LogP contribution is 2.24.